The van der Waals surface area contributed by atoms with Gasteiger partial charge in [-0.25, -0.2) is 13.6 Å². The Kier molecular flexibility index (Phi) is 7.35. The van der Waals surface area contributed by atoms with E-state index in [1.54, 1.807) is 6.92 Å². The van der Waals surface area contributed by atoms with E-state index in [0.717, 1.165) is 0 Å². The lowest BCUT2D eigenvalue weighted by Gasteiger charge is -2.28. The molecule has 3 rings (SSSR count). The van der Waals surface area contributed by atoms with Crippen LogP contribution >= 0.6 is 0 Å². The molecule has 1 amide bonds. The highest BCUT2D eigenvalue weighted by atomic mass is 32.2. The topological polar surface area (TPSA) is 125 Å². The van der Waals surface area contributed by atoms with Crippen LogP contribution in [0, 0.1) is 11.3 Å². The molecule has 1 saturated carbocycles. The van der Waals surface area contributed by atoms with Gasteiger partial charge in [0.05, 0.1) is 17.0 Å². The molecule has 2 aromatic carbocycles. The molecule has 0 unspecified atom stereocenters. The summed E-state index contributed by atoms with van der Waals surface area (Å²) in [4.78, 5) is 12.6. The van der Waals surface area contributed by atoms with E-state index in [4.69, 9.17) is 5.14 Å². The molecule has 0 radical (unpaired) electrons. The monoisotopic (exact) mass is 494 g/mol. The summed E-state index contributed by atoms with van der Waals surface area (Å²) in [5.74, 6) is -0.623. The predicted molar refractivity (Wildman–Crippen MR) is 120 cm³/mol. The van der Waals surface area contributed by atoms with Crippen LogP contribution in [0.3, 0.4) is 0 Å². The number of nitrogens with one attached hydrogen (secondary N) is 2. The van der Waals surface area contributed by atoms with Crippen molar-refractivity contribution in [2.45, 2.75) is 61.3 Å². The number of nitrogens with zero attached hydrogens (tertiary/aromatic N) is 1. The zero-order valence-corrected chi connectivity index (χ0v) is 19.2. The maximum absolute atomic E-state index is 14.0. The van der Waals surface area contributed by atoms with Crippen LogP contribution in [0.5, 0.6) is 0 Å². The van der Waals surface area contributed by atoms with Gasteiger partial charge in [0, 0.05) is 0 Å². The molecular formula is C23H25F3N4O3S. The van der Waals surface area contributed by atoms with E-state index >= 15 is 0 Å². The first-order chi connectivity index (χ1) is 15.9. The molecule has 4 N–H and O–H groups in total. The molecule has 0 spiro atoms. The van der Waals surface area contributed by atoms with Gasteiger partial charge in [0.25, 0.3) is 0 Å². The second kappa shape index (κ2) is 9.74. The first kappa shape index (κ1) is 25.7. The van der Waals surface area contributed by atoms with Crippen LogP contribution < -0.4 is 15.8 Å². The number of nitriles is 1. The number of alkyl halides is 3. The number of hydrogen-bond acceptors (Lipinski definition) is 5. The van der Waals surface area contributed by atoms with Gasteiger partial charge in [-0.15, -0.1) is 0 Å². The molecule has 11 heteroatoms. The molecule has 2 aromatic rings. The highest BCUT2D eigenvalue weighted by molar-refractivity contribution is 7.89. The average Bonchev–Trinajstić information content (AvgIpc) is 3.55. The molecule has 1 fully saturated rings. The van der Waals surface area contributed by atoms with Gasteiger partial charge in [0.2, 0.25) is 15.9 Å². The van der Waals surface area contributed by atoms with Crippen molar-refractivity contribution < 1.29 is 26.4 Å². The Morgan fingerprint density at radius 3 is 2.06 bits per heavy atom. The standard InChI is InChI=1S/C23H25F3N4O3S/c1-2-3-19(21(31)30-22(14-27)12-13-22)29-20(23(24,25)26)17-6-4-15(5-7-17)16-8-10-18(11-9-16)34(28,32)33/h4-11,19-20,29H,2-3,12-13H2,1H3,(H,30,31)(H2,28,32,33)/t19-,20-/m0/s1. The summed E-state index contributed by atoms with van der Waals surface area (Å²) in [6, 6.07) is 10.1. The molecule has 0 heterocycles. The van der Waals surface area contributed by atoms with Crippen molar-refractivity contribution >= 4 is 15.9 Å². The Morgan fingerprint density at radius 2 is 1.65 bits per heavy atom. The molecular weight excluding hydrogens is 469 g/mol. The quantitative estimate of drug-likeness (QED) is 0.492. The smallest absolute Gasteiger partial charge is 0.336 e. The van der Waals surface area contributed by atoms with E-state index in [1.807, 2.05) is 6.07 Å². The molecule has 1 aliphatic rings. The average molecular weight is 495 g/mol. The number of nitrogens with two attached hydrogens (primary N) is 1. The van der Waals surface area contributed by atoms with Gasteiger partial charge in [-0.3, -0.25) is 10.1 Å². The minimum absolute atomic E-state index is 0.0705. The summed E-state index contributed by atoms with van der Waals surface area (Å²) in [5.41, 5.74) is 0.134. The van der Waals surface area contributed by atoms with Crippen molar-refractivity contribution in [2.24, 2.45) is 5.14 Å². The van der Waals surface area contributed by atoms with Crippen LogP contribution in [0.15, 0.2) is 53.4 Å². The number of sulfonamides is 1. The lowest BCUT2D eigenvalue weighted by atomic mass is 9.99. The lowest BCUT2D eigenvalue weighted by molar-refractivity contribution is -0.161. The number of carbonyl (C=O) groups excluding carboxylic acids is 1. The third kappa shape index (κ3) is 6.14. The van der Waals surface area contributed by atoms with Gasteiger partial charge in [-0.05, 0) is 48.1 Å². The first-order valence-corrected chi connectivity index (χ1v) is 12.2. The van der Waals surface area contributed by atoms with Crippen LogP contribution in [0.4, 0.5) is 13.2 Å². The Morgan fingerprint density at radius 1 is 1.12 bits per heavy atom. The van der Waals surface area contributed by atoms with Crippen molar-refractivity contribution in [1.82, 2.24) is 10.6 Å². The largest absolute Gasteiger partial charge is 0.407 e. The van der Waals surface area contributed by atoms with Crippen LogP contribution in [-0.4, -0.2) is 32.1 Å². The number of rotatable bonds is 9. The number of carbonyl (C=O) groups is 1. The van der Waals surface area contributed by atoms with E-state index in [0.29, 0.717) is 30.4 Å². The van der Waals surface area contributed by atoms with Crippen LogP contribution in [0.25, 0.3) is 11.1 Å². The summed E-state index contributed by atoms with van der Waals surface area (Å²) >= 11 is 0. The fraction of sp³-hybridized carbons (Fsp3) is 0.391. The highest BCUT2D eigenvalue weighted by Crippen LogP contribution is 2.36. The van der Waals surface area contributed by atoms with Crippen LogP contribution in [0.1, 0.15) is 44.2 Å². The van der Waals surface area contributed by atoms with Crippen LogP contribution in [-0.2, 0) is 14.8 Å². The van der Waals surface area contributed by atoms with Crippen molar-refractivity contribution in [1.29, 1.82) is 5.26 Å². The third-order valence-electron chi connectivity index (χ3n) is 5.68. The fourth-order valence-corrected chi connectivity index (χ4v) is 4.09. The van der Waals surface area contributed by atoms with Gasteiger partial charge in [-0.1, -0.05) is 49.7 Å². The maximum atomic E-state index is 14.0. The number of primary sulfonamides is 1. The molecule has 0 aromatic heterocycles. The predicted octanol–water partition coefficient (Wildman–Crippen LogP) is 3.54. The van der Waals surface area contributed by atoms with E-state index in [2.05, 4.69) is 10.6 Å². The van der Waals surface area contributed by atoms with Crippen molar-refractivity contribution in [3.63, 3.8) is 0 Å². The zero-order valence-electron chi connectivity index (χ0n) is 18.4. The Hall–Kier alpha value is -2.94. The Balaban J connectivity index is 1.82. The molecule has 2 atom stereocenters. The van der Waals surface area contributed by atoms with E-state index in [9.17, 15) is 31.6 Å². The summed E-state index contributed by atoms with van der Waals surface area (Å²) in [6.45, 7) is 1.76. The van der Waals surface area contributed by atoms with E-state index < -0.39 is 39.7 Å². The van der Waals surface area contributed by atoms with Gasteiger partial charge >= 0.3 is 6.18 Å². The second-order valence-electron chi connectivity index (χ2n) is 8.36. The summed E-state index contributed by atoms with van der Waals surface area (Å²) in [7, 11) is -3.85. The summed E-state index contributed by atoms with van der Waals surface area (Å²) < 4.78 is 64.6. The molecule has 0 aliphatic heterocycles. The summed E-state index contributed by atoms with van der Waals surface area (Å²) in [5, 5.41) is 19.3. The Labute approximate surface area is 196 Å². The SMILES string of the molecule is CCC[C@H](N[C@@H](c1ccc(-c2ccc(S(N)(=O)=O)cc2)cc1)C(F)(F)F)C(=O)NC1(C#N)CC1. The number of hydrogen-bond donors (Lipinski definition) is 3. The van der Waals surface area contributed by atoms with Crippen molar-refractivity contribution in [3.8, 4) is 17.2 Å². The minimum atomic E-state index is -4.67. The summed E-state index contributed by atoms with van der Waals surface area (Å²) in [6.07, 6.45) is -3.05. The molecule has 182 valence electrons. The third-order valence-corrected chi connectivity index (χ3v) is 6.60. The number of benzene rings is 2. The molecule has 7 nitrogen and oxygen atoms in total. The van der Waals surface area contributed by atoms with Gasteiger partial charge in [-0.2, -0.15) is 18.4 Å². The van der Waals surface area contributed by atoms with Gasteiger partial charge in [0.1, 0.15) is 11.6 Å². The normalized spacial score (nSPS) is 16.8. The number of halogens is 3. The molecule has 0 saturated heterocycles. The second-order valence-corrected chi connectivity index (χ2v) is 9.92. The fourth-order valence-electron chi connectivity index (χ4n) is 3.58. The highest BCUT2D eigenvalue weighted by Gasteiger charge is 2.47. The van der Waals surface area contributed by atoms with E-state index in [1.165, 1.54) is 48.5 Å². The molecule has 34 heavy (non-hydrogen) atoms. The number of amides is 1. The maximum Gasteiger partial charge on any atom is 0.407 e. The Bertz CT molecular complexity index is 1170. The van der Waals surface area contributed by atoms with Gasteiger partial charge in [0.15, 0.2) is 0 Å². The molecule has 1 aliphatic carbocycles. The van der Waals surface area contributed by atoms with Crippen molar-refractivity contribution in [3.05, 3.63) is 54.1 Å². The molecule has 0 bridgehead atoms. The lowest BCUT2D eigenvalue weighted by Crippen LogP contribution is -2.51. The first-order valence-electron chi connectivity index (χ1n) is 10.7. The minimum Gasteiger partial charge on any atom is -0.336 e. The van der Waals surface area contributed by atoms with Gasteiger partial charge < -0.3 is 5.32 Å². The zero-order chi connectivity index (χ0) is 25.1. The van der Waals surface area contributed by atoms with E-state index in [-0.39, 0.29) is 16.9 Å². The van der Waals surface area contributed by atoms with Crippen molar-refractivity contribution in [2.75, 3.05) is 0 Å². The van der Waals surface area contributed by atoms with Crippen LogP contribution in [0.2, 0.25) is 0 Å².